The van der Waals surface area contributed by atoms with E-state index in [-0.39, 0.29) is 17.7 Å². The normalized spacial score (nSPS) is 15.9. The van der Waals surface area contributed by atoms with E-state index in [1.807, 2.05) is 20.8 Å². The molecule has 2 N–H and O–H groups in total. The van der Waals surface area contributed by atoms with Crippen LogP contribution in [0.15, 0.2) is 0 Å². The van der Waals surface area contributed by atoms with Gasteiger partial charge in [-0.15, -0.1) is 0 Å². The highest BCUT2D eigenvalue weighted by molar-refractivity contribution is 5.84. The molecule has 0 atom stereocenters. The second-order valence-electron chi connectivity index (χ2n) is 4.74. The van der Waals surface area contributed by atoms with Crippen molar-refractivity contribution in [2.75, 3.05) is 13.1 Å². The van der Waals surface area contributed by atoms with Crippen LogP contribution in [0.2, 0.25) is 0 Å². The average Bonchev–Trinajstić information content (AvgIpc) is 2.98. The van der Waals surface area contributed by atoms with Crippen LogP contribution in [0, 0.1) is 11.3 Å². The molecule has 0 spiro atoms. The first kappa shape index (κ1) is 12.0. The Morgan fingerprint density at radius 3 is 2.33 bits per heavy atom. The highest BCUT2D eigenvalue weighted by Crippen LogP contribution is 2.29. The zero-order valence-electron chi connectivity index (χ0n) is 9.72. The van der Waals surface area contributed by atoms with Crippen molar-refractivity contribution < 1.29 is 9.59 Å². The lowest BCUT2D eigenvalue weighted by Crippen LogP contribution is -2.45. The van der Waals surface area contributed by atoms with Crippen LogP contribution in [-0.4, -0.2) is 24.9 Å². The van der Waals surface area contributed by atoms with E-state index < -0.39 is 5.41 Å². The summed E-state index contributed by atoms with van der Waals surface area (Å²) in [4.78, 5) is 23.0. The molecule has 15 heavy (non-hydrogen) atoms. The van der Waals surface area contributed by atoms with Gasteiger partial charge in [-0.2, -0.15) is 0 Å². The maximum atomic E-state index is 11.6. The fourth-order valence-corrected chi connectivity index (χ4v) is 1.28. The summed E-state index contributed by atoms with van der Waals surface area (Å²) in [5, 5.41) is 5.59. The summed E-state index contributed by atoms with van der Waals surface area (Å²) in [5.41, 5.74) is -0.527. The maximum Gasteiger partial charge on any atom is 0.227 e. The number of hydrogen-bond acceptors (Lipinski definition) is 2. The minimum Gasteiger partial charge on any atom is -0.356 e. The Morgan fingerprint density at radius 2 is 1.87 bits per heavy atom. The molecule has 0 heterocycles. The highest BCUT2D eigenvalue weighted by atomic mass is 16.2. The van der Waals surface area contributed by atoms with Gasteiger partial charge in [-0.1, -0.05) is 0 Å². The molecule has 0 aromatic carbocycles. The third-order valence-electron chi connectivity index (χ3n) is 2.60. The molecule has 86 valence electrons. The SMILES string of the molecule is CCNC(=O)C(C)(C)CNC(=O)C1CC1. The van der Waals surface area contributed by atoms with Crippen LogP contribution < -0.4 is 10.6 Å². The molecule has 1 fully saturated rings. The number of carbonyl (C=O) groups excluding carboxylic acids is 2. The second-order valence-corrected chi connectivity index (χ2v) is 4.74. The van der Waals surface area contributed by atoms with E-state index >= 15 is 0 Å². The summed E-state index contributed by atoms with van der Waals surface area (Å²) in [6.07, 6.45) is 1.99. The van der Waals surface area contributed by atoms with E-state index in [2.05, 4.69) is 10.6 Å². The summed E-state index contributed by atoms with van der Waals surface area (Å²) in [5.74, 6) is 0.281. The van der Waals surface area contributed by atoms with Crippen molar-refractivity contribution in [1.29, 1.82) is 0 Å². The van der Waals surface area contributed by atoms with Gasteiger partial charge in [-0.3, -0.25) is 9.59 Å². The lowest BCUT2D eigenvalue weighted by Gasteiger charge is -2.23. The van der Waals surface area contributed by atoms with Crippen LogP contribution in [0.1, 0.15) is 33.6 Å². The van der Waals surface area contributed by atoms with Gasteiger partial charge in [-0.05, 0) is 33.6 Å². The summed E-state index contributed by atoms with van der Waals surface area (Å²) >= 11 is 0. The first-order chi connectivity index (χ1) is 6.97. The summed E-state index contributed by atoms with van der Waals surface area (Å²) in [6, 6.07) is 0. The molecule has 0 saturated heterocycles. The Balaban J connectivity index is 2.33. The standard InChI is InChI=1S/C11H20N2O2/c1-4-12-10(15)11(2,3)7-13-9(14)8-5-6-8/h8H,4-7H2,1-3H3,(H,12,15)(H,13,14). The molecule has 0 unspecified atom stereocenters. The molecule has 1 rings (SSSR count). The predicted octanol–water partition coefficient (Wildman–Crippen LogP) is 0.675. The topological polar surface area (TPSA) is 58.2 Å². The third-order valence-corrected chi connectivity index (χ3v) is 2.60. The molecule has 2 amide bonds. The Bertz CT molecular complexity index is 257. The molecular formula is C11H20N2O2. The zero-order valence-corrected chi connectivity index (χ0v) is 9.72. The van der Waals surface area contributed by atoms with Crippen LogP contribution in [-0.2, 0) is 9.59 Å². The molecule has 0 aliphatic heterocycles. The quantitative estimate of drug-likeness (QED) is 0.704. The van der Waals surface area contributed by atoms with Gasteiger partial charge >= 0.3 is 0 Å². The first-order valence-corrected chi connectivity index (χ1v) is 5.53. The Kier molecular flexibility index (Phi) is 3.72. The highest BCUT2D eigenvalue weighted by Gasteiger charge is 2.32. The van der Waals surface area contributed by atoms with Crippen molar-refractivity contribution in [1.82, 2.24) is 10.6 Å². The number of nitrogens with one attached hydrogen (secondary N) is 2. The van der Waals surface area contributed by atoms with Crippen LogP contribution in [0.3, 0.4) is 0 Å². The van der Waals surface area contributed by atoms with Gasteiger partial charge in [-0.25, -0.2) is 0 Å². The lowest BCUT2D eigenvalue weighted by atomic mass is 9.92. The minimum absolute atomic E-state index is 0.0129. The molecule has 1 saturated carbocycles. The van der Waals surface area contributed by atoms with E-state index in [0.29, 0.717) is 13.1 Å². The molecule has 0 aromatic rings. The monoisotopic (exact) mass is 212 g/mol. The van der Waals surface area contributed by atoms with Crippen molar-refractivity contribution in [3.8, 4) is 0 Å². The largest absolute Gasteiger partial charge is 0.356 e. The van der Waals surface area contributed by atoms with Gasteiger partial charge in [0.15, 0.2) is 0 Å². The molecular weight excluding hydrogens is 192 g/mol. The molecule has 0 bridgehead atoms. The summed E-state index contributed by atoms with van der Waals surface area (Å²) in [7, 11) is 0. The molecule has 0 aromatic heterocycles. The molecule has 4 nitrogen and oxygen atoms in total. The number of hydrogen-bond donors (Lipinski definition) is 2. The van der Waals surface area contributed by atoms with Gasteiger partial charge < -0.3 is 10.6 Å². The van der Waals surface area contributed by atoms with Gasteiger partial charge in [0.1, 0.15) is 0 Å². The van der Waals surface area contributed by atoms with E-state index in [9.17, 15) is 9.59 Å². The Labute approximate surface area is 90.8 Å². The Hall–Kier alpha value is -1.06. The van der Waals surface area contributed by atoms with E-state index in [4.69, 9.17) is 0 Å². The van der Waals surface area contributed by atoms with Crippen LogP contribution in [0.4, 0.5) is 0 Å². The zero-order chi connectivity index (χ0) is 11.5. The van der Waals surface area contributed by atoms with E-state index in [1.165, 1.54) is 0 Å². The van der Waals surface area contributed by atoms with Crippen LogP contribution in [0.25, 0.3) is 0 Å². The van der Waals surface area contributed by atoms with Crippen LogP contribution >= 0.6 is 0 Å². The summed E-state index contributed by atoms with van der Waals surface area (Å²) in [6.45, 7) is 6.60. The first-order valence-electron chi connectivity index (χ1n) is 5.53. The lowest BCUT2D eigenvalue weighted by molar-refractivity contribution is -0.130. The number of carbonyl (C=O) groups is 2. The summed E-state index contributed by atoms with van der Waals surface area (Å²) < 4.78 is 0. The van der Waals surface area contributed by atoms with E-state index in [1.54, 1.807) is 0 Å². The Morgan fingerprint density at radius 1 is 1.27 bits per heavy atom. The maximum absolute atomic E-state index is 11.6. The smallest absolute Gasteiger partial charge is 0.227 e. The van der Waals surface area contributed by atoms with E-state index in [0.717, 1.165) is 12.8 Å². The second kappa shape index (κ2) is 4.64. The van der Waals surface area contributed by atoms with Crippen molar-refractivity contribution in [3.05, 3.63) is 0 Å². The van der Waals surface area contributed by atoms with Crippen molar-refractivity contribution in [2.24, 2.45) is 11.3 Å². The fraction of sp³-hybridized carbons (Fsp3) is 0.818. The average molecular weight is 212 g/mol. The van der Waals surface area contributed by atoms with Crippen molar-refractivity contribution in [2.45, 2.75) is 33.6 Å². The fourth-order valence-electron chi connectivity index (χ4n) is 1.28. The van der Waals surface area contributed by atoms with Gasteiger partial charge in [0.2, 0.25) is 11.8 Å². The predicted molar refractivity (Wildman–Crippen MR) is 58.2 cm³/mol. The molecule has 1 aliphatic rings. The van der Waals surface area contributed by atoms with Crippen molar-refractivity contribution in [3.63, 3.8) is 0 Å². The molecule has 0 radical (unpaired) electrons. The number of amides is 2. The number of rotatable bonds is 5. The van der Waals surface area contributed by atoms with Crippen molar-refractivity contribution >= 4 is 11.8 Å². The van der Waals surface area contributed by atoms with Gasteiger partial charge in [0, 0.05) is 19.0 Å². The minimum atomic E-state index is -0.527. The van der Waals surface area contributed by atoms with Crippen LogP contribution in [0.5, 0.6) is 0 Å². The van der Waals surface area contributed by atoms with Gasteiger partial charge in [0.25, 0.3) is 0 Å². The molecule has 1 aliphatic carbocycles. The van der Waals surface area contributed by atoms with Gasteiger partial charge in [0.05, 0.1) is 5.41 Å². The molecule has 4 heteroatoms. The third kappa shape index (κ3) is 3.53.